The Hall–Kier alpha value is -2.96. The predicted molar refractivity (Wildman–Crippen MR) is 131 cm³/mol. The number of fused-ring (bicyclic) bond motifs is 1. The van der Waals surface area contributed by atoms with Crippen molar-refractivity contribution in [2.75, 3.05) is 6.61 Å². The van der Waals surface area contributed by atoms with Gasteiger partial charge in [0.15, 0.2) is 24.3 Å². The predicted octanol–water partition coefficient (Wildman–Crippen LogP) is 4.20. The van der Waals surface area contributed by atoms with Gasteiger partial charge in [-0.25, -0.2) is 9.59 Å². The Bertz CT molecular complexity index is 1130. The molecule has 4 atom stereocenters. The second-order valence-electron chi connectivity index (χ2n) is 10.1. The molecule has 2 aliphatic heterocycles. The van der Waals surface area contributed by atoms with Crippen LogP contribution in [0.1, 0.15) is 34.6 Å². The molecule has 0 spiro atoms. The van der Waals surface area contributed by atoms with Gasteiger partial charge in [0.1, 0.15) is 14.7 Å². The maximum absolute atomic E-state index is 13.1. The van der Waals surface area contributed by atoms with E-state index in [9.17, 15) is 9.59 Å². The van der Waals surface area contributed by atoms with E-state index in [1.165, 1.54) is 0 Å². The lowest BCUT2D eigenvalue weighted by atomic mass is 9.96. The highest BCUT2D eigenvalue weighted by atomic mass is 28.3. The van der Waals surface area contributed by atoms with Crippen LogP contribution in [0.2, 0.25) is 19.6 Å². The van der Waals surface area contributed by atoms with Gasteiger partial charge in [-0.3, -0.25) is 0 Å². The van der Waals surface area contributed by atoms with E-state index in [2.05, 4.69) is 31.1 Å². The molecule has 0 amide bonds. The Morgan fingerprint density at radius 2 is 1.46 bits per heavy atom. The molecule has 0 radical (unpaired) electrons. The smallest absolute Gasteiger partial charge is 0.338 e. The molecule has 8 heteroatoms. The number of carbonyl (C=O) groups is 2. The molecule has 2 aromatic carbocycles. The Morgan fingerprint density at radius 3 is 2.03 bits per heavy atom. The molecule has 0 saturated carbocycles. The topological polar surface area (TPSA) is 80.3 Å². The number of hydrogen-bond acceptors (Lipinski definition) is 7. The first-order valence-corrected chi connectivity index (χ1v) is 15.0. The van der Waals surface area contributed by atoms with Crippen LogP contribution in [0.25, 0.3) is 0 Å². The molecule has 2 saturated heterocycles. The van der Waals surface area contributed by atoms with Crippen LogP contribution in [0.5, 0.6) is 0 Å². The Labute approximate surface area is 206 Å². The van der Waals surface area contributed by atoms with Crippen molar-refractivity contribution in [3.8, 4) is 11.5 Å². The van der Waals surface area contributed by atoms with E-state index in [0.29, 0.717) is 11.1 Å². The van der Waals surface area contributed by atoms with Crippen LogP contribution in [0.15, 0.2) is 60.7 Å². The minimum absolute atomic E-state index is 0.259. The van der Waals surface area contributed by atoms with E-state index in [4.69, 9.17) is 23.7 Å². The second-order valence-corrected chi connectivity index (χ2v) is 14.9. The van der Waals surface area contributed by atoms with Gasteiger partial charge >= 0.3 is 11.9 Å². The first-order chi connectivity index (χ1) is 16.5. The van der Waals surface area contributed by atoms with Gasteiger partial charge in [-0.2, -0.15) is 0 Å². The summed E-state index contributed by atoms with van der Waals surface area (Å²) in [7, 11) is -1.89. The summed E-state index contributed by atoms with van der Waals surface area (Å²) < 4.78 is 29.9. The van der Waals surface area contributed by atoms with Gasteiger partial charge < -0.3 is 23.7 Å². The van der Waals surface area contributed by atoms with Gasteiger partial charge in [-0.15, -0.1) is 5.54 Å². The first kappa shape index (κ1) is 25.1. The number of esters is 2. The second kappa shape index (κ2) is 9.59. The van der Waals surface area contributed by atoms with Crippen LogP contribution in [-0.4, -0.2) is 56.5 Å². The normalized spacial score (nSPS) is 26.8. The highest BCUT2D eigenvalue weighted by Crippen LogP contribution is 2.44. The third-order valence-electron chi connectivity index (χ3n) is 5.49. The molecule has 7 nitrogen and oxygen atoms in total. The van der Waals surface area contributed by atoms with E-state index in [-0.39, 0.29) is 6.61 Å². The number of benzene rings is 2. The van der Waals surface area contributed by atoms with Crippen LogP contribution in [0, 0.1) is 11.5 Å². The molecule has 0 unspecified atom stereocenters. The van der Waals surface area contributed by atoms with Crippen molar-refractivity contribution in [1.29, 1.82) is 0 Å². The van der Waals surface area contributed by atoms with Crippen molar-refractivity contribution >= 4 is 20.0 Å². The lowest BCUT2D eigenvalue weighted by molar-refractivity contribution is -0.232. The fraction of sp³-hybridized carbons (Fsp3) is 0.407. The monoisotopic (exact) mass is 494 g/mol. The van der Waals surface area contributed by atoms with E-state index < -0.39 is 49.9 Å². The number of carbonyl (C=O) groups excluding carboxylic acids is 2. The molecule has 2 heterocycles. The van der Waals surface area contributed by atoms with Crippen LogP contribution in [-0.2, 0) is 23.7 Å². The third-order valence-corrected chi connectivity index (χ3v) is 6.37. The van der Waals surface area contributed by atoms with Gasteiger partial charge in [0.2, 0.25) is 5.60 Å². The maximum atomic E-state index is 13.1. The highest BCUT2D eigenvalue weighted by Gasteiger charge is 2.64. The molecule has 2 fully saturated rings. The maximum Gasteiger partial charge on any atom is 0.338 e. The van der Waals surface area contributed by atoms with Crippen molar-refractivity contribution in [3.63, 3.8) is 0 Å². The average Bonchev–Trinajstić information content (AvgIpc) is 3.26. The van der Waals surface area contributed by atoms with Crippen LogP contribution in [0.4, 0.5) is 0 Å². The summed E-state index contributed by atoms with van der Waals surface area (Å²) in [6.45, 7) is 9.51. The van der Waals surface area contributed by atoms with Crippen LogP contribution >= 0.6 is 0 Å². The zero-order valence-electron chi connectivity index (χ0n) is 20.6. The molecule has 184 valence electrons. The molecule has 0 aromatic heterocycles. The van der Waals surface area contributed by atoms with Gasteiger partial charge in [-0.05, 0) is 38.1 Å². The number of rotatable bonds is 5. The zero-order valence-corrected chi connectivity index (χ0v) is 21.6. The van der Waals surface area contributed by atoms with E-state index in [1.54, 1.807) is 62.4 Å². The molecular weight excluding hydrogens is 464 g/mol. The van der Waals surface area contributed by atoms with Crippen molar-refractivity contribution in [3.05, 3.63) is 71.8 Å². The van der Waals surface area contributed by atoms with Gasteiger partial charge in [0, 0.05) is 0 Å². The lowest BCUT2D eigenvalue weighted by Crippen LogP contribution is -2.50. The Morgan fingerprint density at radius 1 is 0.886 bits per heavy atom. The minimum Gasteiger partial charge on any atom is -0.458 e. The van der Waals surface area contributed by atoms with E-state index in [1.807, 2.05) is 12.1 Å². The van der Waals surface area contributed by atoms with Crippen molar-refractivity contribution in [2.24, 2.45) is 0 Å². The lowest BCUT2D eigenvalue weighted by Gasteiger charge is -2.32. The van der Waals surface area contributed by atoms with Crippen LogP contribution in [0.3, 0.4) is 0 Å². The Kier molecular flexibility index (Phi) is 6.89. The minimum atomic E-state index is -1.89. The summed E-state index contributed by atoms with van der Waals surface area (Å²) in [5.74, 6) is 1.16. The Balaban J connectivity index is 1.69. The van der Waals surface area contributed by atoms with E-state index in [0.717, 1.165) is 0 Å². The van der Waals surface area contributed by atoms with Gasteiger partial charge in [0.25, 0.3) is 0 Å². The summed E-state index contributed by atoms with van der Waals surface area (Å²) in [5.41, 5.74) is 2.61. The summed E-state index contributed by atoms with van der Waals surface area (Å²) in [6, 6.07) is 17.3. The van der Waals surface area contributed by atoms with Gasteiger partial charge in [0.05, 0.1) is 11.1 Å². The summed E-state index contributed by atoms with van der Waals surface area (Å²) in [6.07, 6.45) is -2.58. The highest BCUT2D eigenvalue weighted by molar-refractivity contribution is 6.83. The van der Waals surface area contributed by atoms with Crippen molar-refractivity contribution < 1.29 is 33.3 Å². The van der Waals surface area contributed by atoms with Crippen LogP contribution < -0.4 is 0 Å². The average molecular weight is 495 g/mol. The molecule has 0 aliphatic carbocycles. The molecular formula is C27H30O7Si. The molecule has 2 aromatic rings. The third kappa shape index (κ3) is 5.82. The molecule has 2 aliphatic rings. The number of hydrogen-bond donors (Lipinski definition) is 0. The summed E-state index contributed by atoms with van der Waals surface area (Å²) in [4.78, 5) is 25.8. The number of ether oxygens (including phenoxy) is 5. The van der Waals surface area contributed by atoms with Gasteiger partial charge in [-0.1, -0.05) is 62.0 Å². The summed E-state index contributed by atoms with van der Waals surface area (Å²) in [5, 5.41) is 0. The summed E-state index contributed by atoms with van der Waals surface area (Å²) >= 11 is 0. The largest absolute Gasteiger partial charge is 0.458 e. The fourth-order valence-electron chi connectivity index (χ4n) is 3.89. The zero-order chi connectivity index (χ0) is 25.3. The molecule has 0 bridgehead atoms. The van der Waals surface area contributed by atoms with Crippen molar-refractivity contribution in [2.45, 2.75) is 63.4 Å². The first-order valence-electron chi connectivity index (χ1n) is 11.5. The molecule has 0 N–H and O–H groups in total. The standard InChI is InChI=1S/C27H30O7Si/c1-26(2)32-21-22(31-24(29)20-14-10-7-11-15-20)27(34-25(21)33-26,16-17-35(3,4)5)18-30-23(28)19-12-8-6-9-13-19/h6-15,21-22,25H,18H2,1-5H3/t21-,22-,25+,27+/m1/s1. The fourth-order valence-corrected chi connectivity index (χ4v) is 4.48. The molecule has 4 rings (SSSR count). The SMILES string of the molecule is CC1(C)O[C@H]2O[C@@](C#C[Si](C)(C)C)(COC(=O)c3ccccc3)[C@H](OC(=O)c3ccccc3)[C@H]2O1. The molecule has 35 heavy (non-hydrogen) atoms. The van der Waals surface area contributed by atoms with E-state index >= 15 is 0 Å². The van der Waals surface area contributed by atoms with Crippen molar-refractivity contribution in [1.82, 2.24) is 0 Å². The quantitative estimate of drug-likeness (QED) is 0.350.